The van der Waals surface area contributed by atoms with Crippen molar-refractivity contribution in [1.82, 2.24) is 0 Å². The lowest BCUT2D eigenvalue weighted by atomic mass is 10.1. The molecule has 24 heavy (non-hydrogen) atoms. The zero-order chi connectivity index (χ0) is 17.6. The molecular formula is C21H24O3. The van der Waals surface area contributed by atoms with Gasteiger partial charge in [-0.3, -0.25) is 0 Å². The van der Waals surface area contributed by atoms with Crippen molar-refractivity contribution in [3.8, 4) is 5.75 Å². The molecule has 0 saturated heterocycles. The van der Waals surface area contributed by atoms with Gasteiger partial charge in [0.1, 0.15) is 18.0 Å². The quantitative estimate of drug-likeness (QED) is 0.573. The highest BCUT2D eigenvalue weighted by atomic mass is 16.6. The summed E-state index contributed by atoms with van der Waals surface area (Å²) < 4.78 is 11.1. The first-order chi connectivity index (χ1) is 11.3. The normalized spacial score (nSPS) is 11.9. The molecule has 0 bridgehead atoms. The van der Waals surface area contributed by atoms with Crippen molar-refractivity contribution < 1.29 is 14.3 Å². The van der Waals surface area contributed by atoms with Gasteiger partial charge in [0.15, 0.2) is 0 Å². The van der Waals surface area contributed by atoms with Crippen LogP contribution in [0.1, 0.15) is 38.8 Å². The van der Waals surface area contributed by atoms with Gasteiger partial charge in [-0.05, 0) is 57.0 Å². The highest BCUT2D eigenvalue weighted by molar-refractivity contribution is 5.93. The Morgan fingerprint density at radius 2 is 1.62 bits per heavy atom. The Bertz CT molecular complexity index is 692. The first kappa shape index (κ1) is 17.8. The van der Waals surface area contributed by atoms with Gasteiger partial charge in [-0.2, -0.15) is 0 Å². The third kappa shape index (κ3) is 5.92. The van der Waals surface area contributed by atoms with Crippen LogP contribution < -0.4 is 4.74 Å². The average Bonchev–Trinajstić information content (AvgIpc) is 2.53. The second-order valence-electron chi connectivity index (χ2n) is 6.67. The second-order valence-corrected chi connectivity index (χ2v) is 6.67. The fourth-order valence-electron chi connectivity index (χ4n) is 2.07. The Kier molecular flexibility index (Phi) is 5.80. The maximum atomic E-state index is 12.0. The van der Waals surface area contributed by atoms with Crippen LogP contribution in [0.3, 0.4) is 0 Å². The molecule has 0 heterocycles. The monoisotopic (exact) mass is 324 g/mol. The summed E-state index contributed by atoms with van der Waals surface area (Å²) in [5.74, 6) is 0.498. The number of hydrogen-bond acceptors (Lipinski definition) is 3. The first-order valence-electron chi connectivity index (χ1n) is 8.02. The van der Waals surface area contributed by atoms with Gasteiger partial charge >= 0.3 is 5.97 Å². The van der Waals surface area contributed by atoms with E-state index in [1.807, 2.05) is 81.4 Å². The van der Waals surface area contributed by atoms with Crippen LogP contribution in [-0.4, -0.2) is 11.6 Å². The van der Waals surface area contributed by atoms with Gasteiger partial charge in [0, 0.05) is 5.57 Å². The van der Waals surface area contributed by atoms with Crippen molar-refractivity contribution >= 4 is 12.0 Å². The summed E-state index contributed by atoms with van der Waals surface area (Å²) in [7, 11) is 0. The molecule has 0 saturated carbocycles. The third-order valence-electron chi connectivity index (χ3n) is 3.23. The minimum Gasteiger partial charge on any atom is -0.489 e. The van der Waals surface area contributed by atoms with Crippen LogP contribution in [0, 0.1) is 0 Å². The summed E-state index contributed by atoms with van der Waals surface area (Å²) in [5.41, 5.74) is 2.15. The Morgan fingerprint density at radius 1 is 1.00 bits per heavy atom. The minimum atomic E-state index is -0.485. The van der Waals surface area contributed by atoms with Crippen molar-refractivity contribution in [2.24, 2.45) is 0 Å². The van der Waals surface area contributed by atoms with Crippen LogP contribution in [0.4, 0.5) is 0 Å². The molecule has 0 N–H and O–H groups in total. The number of benzene rings is 2. The summed E-state index contributed by atoms with van der Waals surface area (Å²) >= 11 is 0. The Balaban J connectivity index is 1.96. The summed E-state index contributed by atoms with van der Waals surface area (Å²) in [6, 6.07) is 17.7. The standard InChI is InChI=1S/C21H24O3/c1-16(20(22)24-21(2,3)4)14-17-10-12-19(13-11-17)23-15-18-8-6-5-7-9-18/h5-14H,15H2,1-4H3. The number of carbonyl (C=O) groups is 1. The van der Waals surface area contributed by atoms with Crippen molar-refractivity contribution in [2.45, 2.75) is 39.9 Å². The van der Waals surface area contributed by atoms with Crippen LogP contribution in [0.25, 0.3) is 6.08 Å². The molecule has 2 aromatic rings. The molecule has 0 spiro atoms. The molecule has 3 heteroatoms. The van der Waals surface area contributed by atoms with Crippen LogP contribution >= 0.6 is 0 Å². The van der Waals surface area contributed by atoms with Crippen molar-refractivity contribution in [2.75, 3.05) is 0 Å². The van der Waals surface area contributed by atoms with Crippen LogP contribution in [-0.2, 0) is 16.1 Å². The van der Waals surface area contributed by atoms with E-state index in [4.69, 9.17) is 9.47 Å². The molecule has 126 valence electrons. The summed E-state index contributed by atoms with van der Waals surface area (Å²) in [6.07, 6.45) is 1.81. The van der Waals surface area contributed by atoms with Crippen LogP contribution in [0.5, 0.6) is 5.75 Å². The highest BCUT2D eigenvalue weighted by Crippen LogP contribution is 2.17. The van der Waals surface area contributed by atoms with E-state index in [9.17, 15) is 4.79 Å². The fourth-order valence-corrected chi connectivity index (χ4v) is 2.07. The molecule has 0 aliphatic heterocycles. The lowest BCUT2D eigenvalue weighted by Gasteiger charge is -2.19. The van der Waals surface area contributed by atoms with Gasteiger partial charge < -0.3 is 9.47 Å². The van der Waals surface area contributed by atoms with Crippen LogP contribution in [0.2, 0.25) is 0 Å². The maximum Gasteiger partial charge on any atom is 0.334 e. The van der Waals surface area contributed by atoms with Gasteiger partial charge in [-0.15, -0.1) is 0 Å². The van der Waals surface area contributed by atoms with Gasteiger partial charge in [-0.25, -0.2) is 4.79 Å². The van der Waals surface area contributed by atoms with Gasteiger partial charge in [-0.1, -0.05) is 42.5 Å². The van der Waals surface area contributed by atoms with Gasteiger partial charge in [0.25, 0.3) is 0 Å². The van der Waals surface area contributed by atoms with Gasteiger partial charge in [0.2, 0.25) is 0 Å². The first-order valence-corrected chi connectivity index (χ1v) is 8.02. The molecule has 2 aromatic carbocycles. The number of esters is 1. The van der Waals surface area contributed by atoms with Crippen LogP contribution in [0.15, 0.2) is 60.2 Å². The average molecular weight is 324 g/mol. The SMILES string of the molecule is CC(=Cc1ccc(OCc2ccccc2)cc1)C(=O)OC(C)(C)C. The minimum absolute atomic E-state index is 0.299. The predicted molar refractivity (Wildman–Crippen MR) is 96.7 cm³/mol. The van der Waals surface area contributed by atoms with E-state index in [2.05, 4.69) is 0 Å². The topological polar surface area (TPSA) is 35.5 Å². The zero-order valence-electron chi connectivity index (χ0n) is 14.7. The second kappa shape index (κ2) is 7.82. The summed E-state index contributed by atoms with van der Waals surface area (Å²) in [4.78, 5) is 12.0. The predicted octanol–water partition coefficient (Wildman–Crippen LogP) is 5.01. The van der Waals surface area contributed by atoms with E-state index in [1.54, 1.807) is 6.92 Å². The summed E-state index contributed by atoms with van der Waals surface area (Å²) in [5, 5.41) is 0. The molecule has 0 aromatic heterocycles. The van der Waals surface area contributed by atoms with Crippen molar-refractivity contribution in [1.29, 1.82) is 0 Å². The Morgan fingerprint density at radius 3 is 2.21 bits per heavy atom. The molecular weight excluding hydrogens is 300 g/mol. The highest BCUT2D eigenvalue weighted by Gasteiger charge is 2.17. The largest absolute Gasteiger partial charge is 0.489 e. The van der Waals surface area contributed by atoms with Crippen molar-refractivity contribution in [3.05, 3.63) is 71.3 Å². The van der Waals surface area contributed by atoms with Gasteiger partial charge in [0.05, 0.1) is 0 Å². The number of carbonyl (C=O) groups excluding carboxylic acids is 1. The molecule has 0 atom stereocenters. The Hall–Kier alpha value is -2.55. The number of hydrogen-bond donors (Lipinski definition) is 0. The van der Waals surface area contributed by atoms with E-state index in [-0.39, 0.29) is 5.97 Å². The number of rotatable bonds is 5. The third-order valence-corrected chi connectivity index (χ3v) is 3.23. The van der Waals surface area contributed by atoms with Crippen molar-refractivity contribution in [3.63, 3.8) is 0 Å². The molecule has 0 amide bonds. The number of ether oxygens (including phenoxy) is 2. The molecule has 3 nitrogen and oxygen atoms in total. The molecule has 0 radical (unpaired) electrons. The lowest BCUT2D eigenvalue weighted by molar-refractivity contribution is -0.149. The fraction of sp³-hybridized carbons (Fsp3) is 0.286. The zero-order valence-corrected chi connectivity index (χ0v) is 14.7. The maximum absolute atomic E-state index is 12.0. The van der Waals surface area contributed by atoms with E-state index < -0.39 is 5.60 Å². The molecule has 0 unspecified atom stereocenters. The van der Waals surface area contributed by atoms with E-state index in [0.29, 0.717) is 12.2 Å². The molecule has 0 aliphatic rings. The summed E-state index contributed by atoms with van der Waals surface area (Å²) in [6.45, 7) is 7.87. The molecule has 0 fully saturated rings. The molecule has 2 rings (SSSR count). The van der Waals surface area contributed by atoms with E-state index in [0.717, 1.165) is 16.9 Å². The molecule has 0 aliphatic carbocycles. The van der Waals surface area contributed by atoms with E-state index in [1.165, 1.54) is 0 Å². The smallest absolute Gasteiger partial charge is 0.334 e. The Labute approximate surface area is 143 Å². The van der Waals surface area contributed by atoms with E-state index >= 15 is 0 Å². The lowest BCUT2D eigenvalue weighted by Crippen LogP contribution is -2.24.